The number of likely N-dealkylation sites (tertiary alicyclic amines) is 1. The molecule has 1 unspecified atom stereocenters. The smallest absolute Gasteiger partial charge is 0.239 e. The molecule has 6 rings (SSSR count). The molecule has 0 aliphatic carbocycles. The number of aromatic nitrogens is 4. The van der Waals surface area contributed by atoms with Crippen LogP contribution >= 0.6 is 0 Å². The second-order valence-corrected chi connectivity index (χ2v) is 11.0. The number of H-pyrrole nitrogens is 1. The van der Waals surface area contributed by atoms with Crippen LogP contribution in [0.15, 0.2) is 30.5 Å². The first kappa shape index (κ1) is 23.2. The Balaban J connectivity index is 1.31. The number of fused-ring (bicyclic) bond motifs is 2. The zero-order chi connectivity index (χ0) is 25.0. The Morgan fingerprint density at radius 1 is 1.11 bits per heavy atom. The summed E-state index contributed by atoms with van der Waals surface area (Å²) in [5.74, 6) is 1.95. The maximum Gasteiger partial charge on any atom is 0.239 e. The Morgan fingerprint density at radius 3 is 2.64 bits per heavy atom. The topological polar surface area (TPSA) is 78.3 Å². The molecular weight excluding hydrogens is 448 g/mol. The van der Waals surface area contributed by atoms with E-state index in [1.54, 1.807) is 0 Å². The van der Waals surface area contributed by atoms with Crippen molar-refractivity contribution in [2.75, 3.05) is 19.6 Å². The zero-order valence-corrected chi connectivity index (χ0v) is 21.8. The highest BCUT2D eigenvalue weighted by Crippen LogP contribution is 2.38. The van der Waals surface area contributed by atoms with Crippen molar-refractivity contribution in [3.05, 3.63) is 53.0 Å². The molecular formula is C29H36N6O. The molecule has 7 heteroatoms. The summed E-state index contributed by atoms with van der Waals surface area (Å²) < 4.78 is 1.90. The van der Waals surface area contributed by atoms with Crippen LogP contribution in [0.4, 0.5) is 0 Å². The van der Waals surface area contributed by atoms with Gasteiger partial charge in [-0.25, -0.2) is 9.50 Å². The van der Waals surface area contributed by atoms with Crippen molar-refractivity contribution < 1.29 is 4.79 Å². The van der Waals surface area contributed by atoms with E-state index in [0.717, 1.165) is 67.9 Å². The van der Waals surface area contributed by atoms with Gasteiger partial charge >= 0.3 is 0 Å². The molecule has 2 saturated heterocycles. The number of aromatic amines is 1. The first-order valence-electron chi connectivity index (χ1n) is 13.4. The predicted molar refractivity (Wildman–Crippen MR) is 143 cm³/mol. The fourth-order valence-electron chi connectivity index (χ4n) is 6.25. The third-order valence-corrected chi connectivity index (χ3v) is 8.09. The van der Waals surface area contributed by atoms with Crippen molar-refractivity contribution in [1.82, 2.24) is 29.8 Å². The van der Waals surface area contributed by atoms with E-state index in [2.05, 4.69) is 76.5 Å². The lowest BCUT2D eigenvalue weighted by Gasteiger charge is -2.34. The van der Waals surface area contributed by atoms with E-state index in [0.29, 0.717) is 17.7 Å². The van der Waals surface area contributed by atoms with Crippen molar-refractivity contribution >= 4 is 22.5 Å². The largest absolute Gasteiger partial charge is 0.354 e. The number of pyridine rings is 1. The number of benzene rings is 1. The van der Waals surface area contributed by atoms with Crippen LogP contribution in [0.2, 0.25) is 0 Å². The van der Waals surface area contributed by atoms with E-state index < -0.39 is 0 Å². The molecule has 188 valence electrons. The minimum Gasteiger partial charge on any atom is -0.354 e. The first-order valence-corrected chi connectivity index (χ1v) is 13.4. The lowest BCUT2D eigenvalue weighted by atomic mass is 9.87. The lowest BCUT2D eigenvalue weighted by molar-refractivity contribution is -0.134. The molecule has 7 nitrogen and oxygen atoms in total. The van der Waals surface area contributed by atoms with Gasteiger partial charge in [0.1, 0.15) is 5.82 Å². The summed E-state index contributed by atoms with van der Waals surface area (Å²) in [6, 6.07) is 9.17. The van der Waals surface area contributed by atoms with Gasteiger partial charge in [0.15, 0.2) is 5.65 Å². The van der Waals surface area contributed by atoms with Crippen molar-refractivity contribution in [3.63, 3.8) is 0 Å². The van der Waals surface area contributed by atoms with E-state index in [1.807, 2.05) is 11.4 Å². The summed E-state index contributed by atoms with van der Waals surface area (Å²) in [6.07, 6.45) is 6.23. The molecule has 4 aromatic rings. The second kappa shape index (κ2) is 9.04. The summed E-state index contributed by atoms with van der Waals surface area (Å²) in [7, 11) is 0. The maximum absolute atomic E-state index is 12.8. The van der Waals surface area contributed by atoms with E-state index in [1.165, 1.54) is 27.7 Å². The molecule has 1 atom stereocenters. The molecule has 0 radical (unpaired) electrons. The number of carbonyl (C=O) groups excluding carboxylic acids is 1. The van der Waals surface area contributed by atoms with Crippen LogP contribution in [-0.4, -0.2) is 56.1 Å². The number of piperidine rings is 1. The van der Waals surface area contributed by atoms with Gasteiger partial charge in [-0.3, -0.25) is 4.79 Å². The Hall–Kier alpha value is -3.19. The van der Waals surface area contributed by atoms with Gasteiger partial charge in [0.25, 0.3) is 0 Å². The van der Waals surface area contributed by atoms with Gasteiger partial charge in [-0.1, -0.05) is 19.9 Å². The Labute approximate surface area is 212 Å². The minimum absolute atomic E-state index is 0.0362. The number of nitrogens with one attached hydrogen (secondary N) is 2. The number of hydrogen-bond donors (Lipinski definition) is 2. The predicted octanol–water partition coefficient (Wildman–Crippen LogP) is 5.08. The summed E-state index contributed by atoms with van der Waals surface area (Å²) in [5.41, 5.74) is 8.25. The summed E-state index contributed by atoms with van der Waals surface area (Å²) in [4.78, 5) is 23.2. The van der Waals surface area contributed by atoms with E-state index >= 15 is 0 Å². The Morgan fingerprint density at radius 2 is 1.92 bits per heavy atom. The minimum atomic E-state index is 0.0362. The summed E-state index contributed by atoms with van der Waals surface area (Å²) in [5, 5.41) is 9.23. The fourth-order valence-corrected chi connectivity index (χ4v) is 6.25. The van der Waals surface area contributed by atoms with Gasteiger partial charge in [0, 0.05) is 35.8 Å². The van der Waals surface area contributed by atoms with Crippen LogP contribution < -0.4 is 5.32 Å². The van der Waals surface area contributed by atoms with Crippen LogP contribution in [0.3, 0.4) is 0 Å². The normalized spacial score (nSPS) is 19.2. The number of aryl methyl sites for hydroxylation is 2. The van der Waals surface area contributed by atoms with Crippen LogP contribution in [-0.2, 0) is 4.79 Å². The summed E-state index contributed by atoms with van der Waals surface area (Å²) >= 11 is 0. The highest BCUT2D eigenvalue weighted by molar-refractivity contribution is 5.92. The van der Waals surface area contributed by atoms with Crippen molar-refractivity contribution in [2.24, 2.45) is 0 Å². The molecule has 5 heterocycles. The van der Waals surface area contributed by atoms with Gasteiger partial charge in [-0.05, 0) is 92.8 Å². The molecule has 2 N–H and O–H groups in total. The van der Waals surface area contributed by atoms with Crippen LogP contribution in [0.1, 0.15) is 73.9 Å². The van der Waals surface area contributed by atoms with Gasteiger partial charge in [0.2, 0.25) is 5.91 Å². The maximum atomic E-state index is 12.8. The Bertz CT molecular complexity index is 1430. The van der Waals surface area contributed by atoms with Gasteiger partial charge in [-0.2, -0.15) is 5.10 Å². The number of amides is 1. The zero-order valence-electron chi connectivity index (χ0n) is 21.8. The number of carbonyl (C=O) groups is 1. The lowest BCUT2D eigenvalue weighted by Crippen LogP contribution is -2.46. The average Bonchev–Trinajstić information content (AvgIpc) is 3.61. The highest BCUT2D eigenvalue weighted by Gasteiger charge is 2.30. The van der Waals surface area contributed by atoms with Gasteiger partial charge in [-0.15, -0.1) is 0 Å². The third kappa shape index (κ3) is 3.99. The van der Waals surface area contributed by atoms with E-state index in [9.17, 15) is 4.79 Å². The monoisotopic (exact) mass is 484 g/mol. The standard InChI is InChI=1S/C29H36N6O/c1-17(2)26-23-15-21(20-9-12-34(13-10-20)29(36)25-6-5-11-30-25)7-8-24(23)32-27(26)22-14-18(3)28-31-19(4)33-35(28)16-22/h7-8,14-17,20,25,30,32H,5-6,9-13H2,1-4H3. The fraction of sp³-hybridized carbons (Fsp3) is 0.483. The Kier molecular flexibility index (Phi) is 5.83. The number of hydrogen-bond acceptors (Lipinski definition) is 4. The first-order chi connectivity index (χ1) is 17.4. The quantitative estimate of drug-likeness (QED) is 0.424. The average molecular weight is 485 g/mol. The van der Waals surface area contributed by atoms with Gasteiger partial charge in [0.05, 0.1) is 11.7 Å². The molecule has 3 aromatic heterocycles. The SMILES string of the molecule is Cc1nc2c(C)cc(-c3[nH]c4ccc(C5CCN(C(=O)C6CCCN6)CC5)cc4c3C(C)C)cn2n1. The molecule has 1 amide bonds. The van der Waals surface area contributed by atoms with Crippen LogP contribution in [0, 0.1) is 13.8 Å². The van der Waals surface area contributed by atoms with Crippen molar-refractivity contribution in [3.8, 4) is 11.3 Å². The van der Waals surface area contributed by atoms with E-state index in [4.69, 9.17) is 0 Å². The molecule has 2 fully saturated rings. The molecule has 1 aromatic carbocycles. The third-order valence-electron chi connectivity index (χ3n) is 8.09. The number of nitrogens with zero attached hydrogens (tertiary/aromatic N) is 4. The summed E-state index contributed by atoms with van der Waals surface area (Å²) in [6.45, 7) is 11.2. The van der Waals surface area contributed by atoms with Crippen LogP contribution in [0.5, 0.6) is 0 Å². The van der Waals surface area contributed by atoms with Crippen LogP contribution in [0.25, 0.3) is 27.8 Å². The molecule has 2 aliphatic rings. The second-order valence-electron chi connectivity index (χ2n) is 11.0. The van der Waals surface area contributed by atoms with Gasteiger partial charge < -0.3 is 15.2 Å². The highest BCUT2D eigenvalue weighted by atomic mass is 16.2. The molecule has 36 heavy (non-hydrogen) atoms. The van der Waals surface area contributed by atoms with Crippen molar-refractivity contribution in [2.45, 2.75) is 71.3 Å². The number of rotatable bonds is 4. The van der Waals surface area contributed by atoms with E-state index in [-0.39, 0.29) is 6.04 Å². The molecule has 2 aliphatic heterocycles. The molecule has 0 spiro atoms. The van der Waals surface area contributed by atoms with Crippen molar-refractivity contribution in [1.29, 1.82) is 0 Å². The molecule has 0 bridgehead atoms. The molecule has 0 saturated carbocycles.